The van der Waals surface area contributed by atoms with Crippen molar-refractivity contribution in [2.45, 2.75) is 18.9 Å². The number of rotatable bonds is 5. The van der Waals surface area contributed by atoms with Crippen LogP contribution >= 0.6 is 11.6 Å². The number of aromatic nitrogens is 3. The number of nitrogens with one attached hydrogen (secondary N) is 1. The van der Waals surface area contributed by atoms with Gasteiger partial charge in [-0.25, -0.2) is 4.68 Å². The third-order valence-corrected chi connectivity index (χ3v) is 3.82. The molecule has 0 spiro atoms. The van der Waals surface area contributed by atoms with Gasteiger partial charge < -0.3 is 10.4 Å². The molecule has 3 rings (SSSR count). The number of hydrogen-bond donors (Lipinski definition) is 2. The molecule has 2 N–H and O–H groups in total. The van der Waals surface area contributed by atoms with Crippen molar-refractivity contribution in [1.29, 1.82) is 0 Å². The van der Waals surface area contributed by atoms with Crippen LogP contribution in [0.5, 0.6) is 0 Å². The molecule has 1 amide bonds. The van der Waals surface area contributed by atoms with E-state index in [1.807, 2.05) is 0 Å². The fourth-order valence-corrected chi connectivity index (χ4v) is 2.34. The second kappa shape index (κ2) is 5.83. The number of hydrogen-bond acceptors (Lipinski definition) is 4. The minimum Gasteiger partial charge on any atom is -0.391 e. The van der Waals surface area contributed by atoms with Gasteiger partial charge in [0.25, 0.3) is 5.91 Å². The fraction of sp³-hybridized carbons (Fsp3) is 0.357. The summed E-state index contributed by atoms with van der Waals surface area (Å²) in [5.74, 6) is -0.0171. The number of aliphatic hydroxyl groups is 1. The lowest BCUT2D eigenvalue weighted by Gasteiger charge is -2.11. The molecule has 7 heteroatoms. The Labute approximate surface area is 126 Å². The van der Waals surface area contributed by atoms with E-state index in [0.29, 0.717) is 16.6 Å². The number of benzene rings is 1. The molecule has 0 bridgehead atoms. The van der Waals surface area contributed by atoms with Gasteiger partial charge in [0, 0.05) is 6.54 Å². The highest BCUT2D eigenvalue weighted by molar-refractivity contribution is 6.32. The quantitative estimate of drug-likeness (QED) is 0.875. The first-order valence-corrected chi connectivity index (χ1v) is 7.16. The molecule has 0 saturated heterocycles. The van der Waals surface area contributed by atoms with Crippen LogP contribution in [0.2, 0.25) is 5.02 Å². The summed E-state index contributed by atoms with van der Waals surface area (Å²) in [5, 5.41) is 20.6. The molecular weight excluding hydrogens is 292 g/mol. The summed E-state index contributed by atoms with van der Waals surface area (Å²) >= 11 is 6.11. The lowest BCUT2D eigenvalue weighted by molar-refractivity contribution is 0.0893. The van der Waals surface area contributed by atoms with Crippen molar-refractivity contribution in [3.63, 3.8) is 0 Å². The predicted molar refractivity (Wildman–Crippen MR) is 77.4 cm³/mol. The van der Waals surface area contributed by atoms with Crippen molar-refractivity contribution < 1.29 is 9.90 Å². The highest BCUT2D eigenvalue weighted by atomic mass is 35.5. The zero-order valence-corrected chi connectivity index (χ0v) is 12.0. The highest BCUT2D eigenvalue weighted by Crippen LogP contribution is 2.32. The second-order valence-electron chi connectivity index (χ2n) is 5.10. The Hall–Kier alpha value is -1.92. The van der Waals surface area contributed by atoms with Crippen LogP contribution in [0.25, 0.3) is 5.69 Å². The van der Waals surface area contributed by atoms with Crippen LogP contribution in [0.4, 0.5) is 0 Å². The third kappa shape index (κ3) is 3.06. The Morgan fingerprint density at radius 1 is 1.48 bits per heavy atom. The molecule has 1 aliphatic carbocycles. The van der Waals surface area contributed by atoms with Gasteiger partial charge in [-0.3, -0.25) is 4.79 Å². The van der Waals surface area contributed by atoms with Crippen molar-refractivity contribution in [3.8, 4) is 5.69 Å². The molecule has 1 fully saturated rings. The molecule has 110 valence electrons. The number of nitrogens with zero attached hydrogens (tertiary/aromatic N) is 3. The van der Waals surface area contributed by atoms with Crippen molar-refractivity contribution in [2.75, 3.05) is 6.54 Å². The maximum atomic E-state index is 12.2. The van der Waals surface area contributed by atoms with Crippen LogP contribution in [-0.2, 0) is 0 Å². The van der Waals surface area contributed by atoms with Gasteiger partial charge in [0.15, 0.2) is 5.69 Å². The van der Waals surface area contributed by atoms with E-state index in [9.17, 15) is 9.90 Å². The number of carbonyl (C=O) groups excluding carboxylic acids is 1. The van der Waals surface area contributed by atoms with Gasteiger partial charge in [0.2, 0.25) is 0 Å². The SMILES string of the molecule is O=C(NCC(O)C1CC1)c1cnnn1-c1ccccc1Cl. The molecule has 1 atom stereocenters. The van der Waals surface area contributed by atoms with Crippen molar-refractivity contribution >= 4 is 17.5 Å². The Morgan fingerprint density at radius 3 is 2.95 bits per heavy atom. The number of amides is 1. The summed E-state index contributed by atoms with van der Waals surface area (Å²) in [5.41, 5.74) is 0.871. The van der Waals surface area contributed by atoms with Crippen LogP contribution in [0.1, 0.15) is 23.3 Å². The summed E-state index contributed by atoms with van der Waals surface area (Å²) in [6.45, 7) is 0.233. The molecule has 1 aliphatic rings. The lowest BCUT2D eigenvalue weighted by Crippen LogP contribution is -2.34. The topological polar surface area (TPSA) is 80.0 Å². The third-order valence-electron chi connectivity index (χ3n) is 3.50. The number of aliphatic hydroxyl groups excluding tert-OH is 1. The Morgan fingerprint density at radius 2 is 2.24 bits per heavy atom. The Bertz CT molecular complexity index is 654. The molecule has 0 radical (unpaired) electrons. The molecule has 1 saturated carbocycles. The minimum absolute atomic E-state index is 0.233. The molecule has 1 aromatic heterocycles. The van der Waals surface area contributed by atoms with E-state index in [2.05, 4.69) is 15.6 Å². The lowest BCUT2D eigenvalue weighted by atomic mass is 10.2. The van der Waals surface area contributed by atoms with Gasteiger partial charge in [0.1, 0.15) is 0 Å². The number of halogens is 1. The van der Waals surface area contributed by atoms with Crippen LogP contribution in [0.15, 0.2) is 30.5 Å². The normalized spacial score (nSPS) is 15.7. The average molecular weight is 307 g/mol. The van der Waals surface area contributed by atoms with Crippen molar-refractivity contribution in [2.24, 2.45) is 5.92 Å². The van der Waals surface area contributed by atoms with E-state index >= 15 is 0 Å². The first-order chi connectivity index (χ1) is 10.2. The van der Waals surface area contributed by atoms with Gasteiger partial charge in [-0.05, 0) is 30.9 Å². The smallest absolute Gasteiger partial charge is 0.271 e. The number of para-hydroxylation sites is 1. The van der Waals surface area contributed by atoms with E-state index in [1.54, 1.807) is 24.3 Å². The fourth-order valence-electron chi connectivity index (χ4n) is 2.13. The van der Waals surface area contributed by atoms with E-state index in [-0.39, 0.29) is 18.1 Å². The standard InChI is InChI=1S/C14H15ClN4O2/c15-10-3-1-2-4-11(10)19-12(7-17-18-19)14(21)16-8-13(20)9-5-6-9/h1-4,7,9,13,20H,5-6,8H2,(H,16,21). The Balaban J connectivity index is 1.75. The number of carbonyl (C=O) groups is 1. The maximum Gasteiger partial charge on any atom is 0.271 e. The van der Waals surface area contributed by atoms with Gasteiger partial charge in [-0.1, -0.05) is 28.9 Å². The average Bonchev–Trinajstić information content (AvgIpc) is 3.23. The monoisotopic (exact) mass is 306 g/mol. The summed E-state index contributed by atoms with van der Waals surface area (Å²) in [6.07, 6.45) is 2.94. The zero-order chi connectivity index (χ0) is 14.8. The van der Waals surface area contributed by atoms with Crippen molar-refractivity contribution in [3.05, 3.63) is 41.2 Å². The second-order valence-corrected chi connectivity index (χ2v) is 5.50. The van der Waals surface area contributed by atoms with Gasteiger partial charge in [-0.2, -0.15) is 0 Å². The molecule has 1 aromatic carbocycles. The van der Waals surface area contributed by atoms with E-state index in [1.165, 1.54) is 10.9 Å². The maximum absolute atomic E-state index is 12.2. The Kier molecular flexibility index (Phi) is 3.90. The van der Waals surface area contributed by atoms with Crippen LogP contribution < -0.4 is 5.32 Å². The molecule has 1 unspecified atom stereocenters. The first kappa shape index (κ1) is 14.0. The zero-order valence-electron chi connectivity index (χ0n) is 11.2. The van der Waals surface area contributed by atoms with E-state index in [0.717, 1.165) is 12.8 Å². The molecule has 0 aliphatic heterocycles. The van der Waals surface area contributed by atoms with Crippen LogP contribution in [0, 0.1) is 5.92 Å². The predicted octanol–water partition coefficient (Wildman–Crippen LogP) is 1.42. The molecular formula is C14H15ClN4O2. The summed E-state index contributed by atoms with van der Waals surface area (Å²) in [6, 6.07) is 7.08. The summed E-state index contributed by atoms with van der Waals surface area (Å²) in [7, 11) is 0. The highest BCUT2D eigenvalue weighted by Gasteiger charge is 2.30. The van der Waals surface area contributed by atoms with Gasteiger partial charge >= 0.3 is 0 Å². The van der Waals surface area contributed by atoms with Gasteiger partial charge in [-0.15, -0.1) is 5.10 Å². The van der Waals surface area contributed by atoms with Crippen LogP contribution in [0.3, 0.4) is 0 Å². The summed E-state index contributed by atoms with van der Waals surface area (Å²) < 4.78 is 1.39. The first-order valence-electron chi connectivity index (χ1n) is 6.78. The molecule has 1 heterocycles. The molecule has 2 aromatic rings. The van der Waals surface area contributed by atoms with E-state index < -0.39 is 6.10 Å². The largest absolute Gasteiger partial charge is 0.391 e. The minimum atomic E-state index is -0.487. The van der Waals surface area contributed by atoms with E-state index in [4.69, 9.17) is 11.6 Å². The molecule has 6 nitrogen and oxygen atoms in total. The summed E-state index contributed by atoms with van der Waals surface area (Å²) in [4.78, 5) is 12.2. The van der Waals surface area contributed by atoms with Crippen LogP contribution in [-0.4, -0.2) is 38.7 Å². The van der Waals surface area contributed by atoms with Crippen molar-refractivity contribution in [1.82, 2.24) is 20.3 Å². The molecule has 21 heavy (non-hydrogen) atoms. The van der Waals surface area contributed by atoms with Gasteiger partial charge in [0.05, 0.1) is 23.0 Å².